The summed E-state index contributed by atoms with van der Waals surface area (Å²) < 4.78 is 13.2. The van der Waals surface area contributed by atoms with Crippen molar-refractivity contribution >= 4 is 16.8 Å². The number of piperidine rings is 1. The van der Waals surface area contributed by atoms with E-state index < -0.39 is 0 Å². The third-order valence-electron chi connectivity index (χ3n) is 6.91. The van der Waals surface area contributed by atoms with Crippen LogP contribution < -0.4 is 0 Å². The summed E-state index contributed by atoms with van der Waals surface area (Å²) in [6, 6.07) is 0.646. The molecule has 3 aliphatic rings. The maximum Gasteiger partial charge on any atom is 0.156 e. The second kappa shape index (κ2) is 7.70. The molecule has 3 aromatic rings. The van der Waals surface area contributed by atoms with Crippen LogP contribution in [0.4, 0.5) is 0 Å². The Morgan fingerprint density at radius 1 is 1.00 bits per heavy atom. The van der Waals surface area contributed by atoms with Crippen molar-refractivity contribution in [1.29, 1.82) is 0 Å². The first-order valence-electron chi connectivity index (χ1n) is 10.6. The molecule has 0 radical (unpaired) electrons. The molecule has 7 nitrogen and oxygen atoms in total. The van der Waals surface area contributed by atoms with Crippen LogP contribution in [0.15, 0.2) is 18.6 Å². The van der Waals surface area contributed by atoms with Gasteiger partial charge in [0.25, 0.3) is 0 Å². The second-order valence-corrected chi connectivity index (χ2v) is 8.48. The highest BCUT2D eigenvalue weighted by Crippen LogP contribution is 2.34. The van der Waals surface area contributed by atoms with Gasteiger partial charge in [-0.1, -0.05) is 7.43 Å². The van der Waals surface area contributed by atoms with Crippen LogP contribution in [-0.2, 0) is 9.47 Å². The molecule has 3 aromatic heterocycles. The number of ether oxygens (including phenoxy) is 2. The van der Waals surface area contributed by atoms with E-state index >= 15 is 0 Å². The van der Waals surface area contributed by atoms with Crippen molar-refractivity contribution in [1.82, 2.24) is 24.3 Å². The number of nitrogens with one attached hydrogen (secondary N) is 1. The molecule has 3 aliphatic heterocycles. The second-order valence-electron chi connectivity index (χ2n) is 8.48. The SMILES string of the molecule is C.c1[nH]c2ncc3nc(C4CCN(C5COC5)CC4)cn3c2c1C1CCOCC1. The Labute approximate surface area is 171 Å². The molecule has 0 saturated carbocycles. The summed E-state index contributed by atoms with van der Waals surface area (Å²) in [4.78, 5) is 15.6. The predicted molar refractivity (Wildman–Crippen MR) is 113 cm³/mol. The number of imidazole rings is 1. The molecule has 3 saturated heterocycles. The van der Waals surface area contributed by atoms with E-state index in [2.05, 4.69) is 31.7 Å². The molecule has 0 spiro atoms. The molecule has 0 bridgehead atoms. The van der Waals surface area contributed by atoms with Crippen molar-refractivity contribution in [2.75, 3.05) is 39.5 Å². The van der Waals surface area contributed by atoms with E-state index in [0.29, 0.717) is 17.9 Å². The van der Waals surface area contributed by atoms with Gasteiger partial charge in [-0.25, -0.2) is 9.97 Å². The van der Waals surface area contributed by atoms with E-state index in [1.165, 1.54) is 29.6 Å². The zero-order chi connectivity index (χ0) is 18.5. The molecule has 6 heterocycles. The van der Waals surface area contributed by atoms with Gasteiger partial charge < -0.3 is 14.5 Å². The summed E-state index contributed by atoms with van der Waals surface area (Å²) in [5.74, 6) is 1.08. The highest BCUT2D eigenvalue weighted by molar-refractivity contribution is 5.79. The Hall–Kier alpha value is -1.96. The minimum Gasteiger partial charge on any atom is -0.381 e. The van der Waals surface area contributed by atoms with Gasteiger partial charge in [0, 0.05) is 31.5 Å². The van der Waals surface area contributed by atoms with E-state index in [0.717, 1.165) is 63.7 Å². The van der Waals surface area contributed by atoms with Crippen molar-refractivity contribution in [2.24, 2.45) is 0 Å². The zero-order valence-electron chi connectivity index (χ0n) is 16.1. The van der Waals surface area contributed by atoms with Crippen molar-refractivity contribution in [3.63, 3.8) is 0 Å². The number of likely N-dealkylation sites (tertiary alicyclic amines) is 1. The molecule has 29 heavy (non-hydrogen) atoms. The van der Waals surface area contributed by atoms with E-state index in [1.807, 2.05) is 6.20 Å². The minimum absolute atomic E-state index is 0. The van der Waals surface area contributed by atoms with Crippen LogP contribution in [0.5, 0.6) is 0 Å². The van der Waals surface area contributed by atoms with Gasteiger partial charge >= 0.3 is 0 Å². The highest BCUT2D eigenvalue weighted by Gasteiger charge is 2.31. The highest BCUT2D eigenvalue weighted by atomic mass is 16.5. The largest absolute Gasteiger partial charge is 0.381 e. The maximum absolute atomic E-state index is 5.56. The molecule has 156 valence electrons. The minimum atomic E-state index is 0. The lowest BCUT2D eigenvalue weighted by Gasteiger charge is -2.41. The fourth-order valence-corrected chi connectivity index (χ4v) is 5.09. The predicted octanol–water partition coefficient (Wildman–Crippen LogP) is 3.32. The first kappa shape index (κ1) is 19.0. The number of rotatable bonds is 3. The van der Waals surface area contributed by atoms with Crippen molar-refractivity contribution in [2.45, 2.75) is 51.0 Å². The monoisotopic (exact) mass is 397 g/mol. The van der Waals surface area contributed by atoms with Gasteiger partial charge in [-0.15, -0.1) is 0 Å². The molecule has 1 N–H and O–H groups in total. The first-order chi connectivity index (χ1) is 13.9. The van der Waals surface area contributed by atoms with Gasteiger partial charge in [0.15, 0.2) is 11.3 Å². The number of hydrogen-bond acceptors (Lipinski definition) is 5. The van der Waals surface area contributed by atoms with Crippen LogP contribution in [0.1, 0.15) is 56.2 Å². The van der Waals surface area contributed by atoms with Gasteiger partial charge in [0.2, 0.25) is 0 Å². The number of aromatic amines is 1. The van der Waals surface area contributed by atoms with E-state index in [9.17, 15) is 0 Å². The number of fused-ring (bicyclic) bond motifs is 3. The maximum atomic E-state index is 5.56. The summed E-state index contributed by atoms with van der Waals surface area (Å²) in [6.07, 6.45) is 10.8. The molecule has 0 amide bonds. The average Bonchev–Trinajstić information content (AvgIpc) is 3.32. The Balaban J connectivity index is 0.00000181. The van der Waals surface area contributed by atoms with E-state index in [4.69, 9.17) is 14.5 Å². The normalized spacial score (nSPS) is 22.8. The Morgan fingerprint density at radius 3 is 2.52 bits per heavy atom. The number of hydrogen-bond donors (Lipinski definition) is 1. The lowest BCUT2D eigenvalue weighted by atomic mass is 9.92. The molecular formula is C22H31N5O2. The fourth-order valence-electron chi connectivity index (χ4n) is 5.09. The summed E-state index contributed by atoms with van der Waals surface area (Å²) in [5.41, 5.74) is 5.70. The third kappa shape index (κ3) is 3.25. The number of aromatic nitrogens is 4. The first-order valence-corrected chi connectivity index (χ1v) is 10.6. The number of H-pyrrole nitrogens is 1. The molecular weight excluding hydrogens is 366 g/mol. The zero-order valence-corrected chi connectivity index (χ0v) is 16.1. The van der Waals surface area contributed by atoms with Crippen LogP contribution in [0.2, 0.25) is 0 Å². The van der Waals surface area contributed by atoms with Crippen molar-refractivity contribution < 1.29 is 9.47 Å². The molecule has 3 fully saturated rings. The average molecular weight is 398 g/mol. The lowest BCUT2D eigenvalue weighted by Crippen LogP contribution is -2.51. The van der Waals surface area contributed by atoms with E-state index in [1.54, 1.807) is 0 Å². The van der Waals surface area contributed by atoms with Gasteiger partial charge in [0.1, 0.15) is 0 Å². The summed E-state index contributed by atoms with van der Waals surface area (Å²) in [6.45, 7) is 5.81. The molecule has 0 aliphatic carbocycles. The van der Waals surface area contributed by atoms with Gasteiger partial charge in [0.05, 0.1) is 36.7 Å². The van der Waals surface area contributed by atoms with Crippen LogP contribution >= 0.6 is 0 Å². The summed E-state index contributed by atoms with van der Waals surface area (Å²) in [7, 11) is 0. The fraction of sp³-hybridized carbons (Fsp3) is 0.636. The van der Waals surface area contributed by atoms with Crippen molar-refractivity contribution in [3.8, 4) is 0 Å². The van der Waals surface area contributed by atoms with Gasteiger partial charge in [-0.3, -0.25) is 9.30 Å². The Kier molecular flexibility index (Phi) is 5.05. The Bertz CT molecular complexity index is 978. The standard InChI is InChI=1S/C21H27N5O2.CH4/c1-5-25(16-12-28-13-16)6-2-15(1)18-11-26-19(24-18)10-23-21-20(26)17(9-22-21)14-3-7-27-8-4-14;/h9-11,14-16,22H,1-8,12-13H2;1H4. The van der Waals surface area contributed by atoms with Crippen LogP contribution in [0.3, 0.4) is 0 Å². The van der Waals surface area contributed by atoms with Gasteiger partial charge in [-0.05, 0) is 50.3 Å². The smallest absolute Gasteiger partial charge is 0.156 e. The van der Waals surface area contributed by atoms with Crippen LogP contribution in [0, 0.1) is 0 Å². The third-order valence-corrected chi connectivity index (χ3v) is 6.91. The molecule has 0 aromatic carbocycles. The topological polar surface area (TPSA) is 67.7 Å². The van der Waals surface area contributed by atoms with E-state index in [-0.39, 0.29) is 7.43 Å². The molecule has 7 heteroatoms. The van der Waals surface area contributed by atoms with Crippen molar-refractivity contribution in [3.05, 3.63) is 29.8 Å². The molecule has 6 rings (SSSR count). The van der Waals surface area contributed by atoms with Crippen LogP contribution in [-0.4, -0.2) is 69.8 Å². The van der Waals surface area contributed by atoms with Crippen LogP contribution in [0.25, 0.3) is 16.8 Å². The summed E-state index contributed by atoms with van der Waals surface area (Å²) >= 11 is 0. The molecule has 0 unspecified atom stereocenters. The number of nitrogens with zero attached hydrogens (tertiary/aromatic N) is 4. The Morgan fingerprint density at radius 2 is 1.79 bits per heavy atom. The summed E-state index contributed by atoms with van der Waals surface area (Å²) in [5, 5.41) is 0. The lowest BCUT2D eigenvalue weighted by molar-refractivity contribution is -0.0713. The quantitative estimate of drug-likeness (QED) is 0.734. The van der Waals surface area contributed by atoms with Gasteiger partial charge in [-0.2, -0.15) is 0 Å². The molecule has 0 atom stereocenters.